The average molecular weight is 308 g/mol. The molecule has 0 aliphatic carbocycles. The first-order valence-electron chi connectivity index (χ1n) is 7.10. The summed E-state index contributed by atoms with van der Waals surface area (Å²) in [5.74, 6) is 0.935. The highest BCUT2D eigenvalue weighted by Crippen LogP contribution is 2.24. The lowest BCUT2D eigenvalue weighted by Gasteiger charge is -2.12. The smallest absolute Gasteiger partial charge is 0.250 e. The van der Waals surface area contributed by atoms with Gasteiger partial charge in [0.1, 0.15) is 17.9 Å². The molecule has 0 saturated heterocycles. The number of ether oxygens (including phenoxy) is 1. The second kappa shape index (κ2) is 6.31. The first-order chi connectivity index (χ1) is 11.2. The molecule has 0 bridgehead atoms. The Kier molecular flexibility index (Phi) is 4.05. The SMILES string of the molecule is COc1ccccc1CNc1ncnc2c(C(N)=O)cccc12. The Balaban J connectivity index is 1.95. The van der Waals surface area contributed by atoms with E-state index in [-0.39, 0.29) is 0 Å². The molecule has 23 heavy (non-hydrogen) atoms. The van der Waals surface area contributed by atoms with E-state index in [1.807, 2.05) is 30.3 Å². The molecule has 0 radical (unpaired) electrons. The van der Waals surface area contributed by atoms with Gasteiger partial charge in [0.2, 0.25) is 0 Å². The minimum Gasteiger partial charge on any atom is -0.496 e. The molecule has 1 heterocycles. The molecule has 1 aromatic heterocycles. The number of carbonyl (C=O) groups is 1. The van der Waals surface area contributed by atoms with Crippen LogP contribution in [-0.2, 0) is 6.54 Å². The largest absolute Gasteiger partial charge is 0.496 e. The van der Waals surface area contributed by atoms with Crippen LogP contribution in [0.2, 0.25) is 0 Å². The van der Waals surface area contributed by atoms with E-state index in [1.54, 1.807) is 19.2 Å². The van der Waals surface area contributed by atoms with E-state index in [9.17, 15) is 4.79 Å². The summed E-state index contributed by atoms with van der Waals surface area (Å²) in [6, 6.07) is 13.0. The second-order valence-electron chi connectivity index (χ2n) is 4.95. The standard InChI is InChI=1S/C17H16N4O2/c1-23-14-8-3-2-5-11(14)9-19-17-13-7-4-6-12(16(18)22)15(13)20-10-21-17/h2-8,10H,9H2,1H3,(H2,18,22)(H,19,20,21). The molecule has 0 fully saturated rings. The predicted octanol–water partition coefficient (Wildman–Crippen LogP) is 2.35. The van der Waals surface area contributed by atoms with Gasteiger partial charge in [0.05, 0.1) is 18.2 Å². The highest BCUT2D eigenvalue weighted by molar-refractivity contribution is 6.06. The van der Waals surface area contributed by atoms with Gasteiger partial charge in [-0.1, -0.05) is 24.3 Å². The quantitative estimate of drug-likeness (QED) is 0.755. The topological polar surface area (TPSA) is 90.1 Å². The monoisotopic (exact) mass is 308 g/mol. The molecule has 6 heteroatoms. The Hall–Kier alpha value is -3.15. The molecular weight excluding hydrogens is 292 g/mol. The molecule has 0 saturated carbocycles. The van der Waals surface area contributed by atoms with E-state index in [0.717, 1.165) is 16.7 Å². The third-order valence-electron chi connectivity index (χ3n) is 3.57. The van der Waals surface area contributed by atoms with E-state index in [2.05, 4.69) is 15.3 Å². The molecule has 0 spiro atoms. The molecule has 116 valence electrons. The van der Waals surface area contributed by atoms with Crippen molar-refractivity contribution in [1.29, 1.82) is 0 Å². The van der Waals surface area contributed by atoms with Crippen LogP contribution in [0, 0.1) is 0 Å². The van der Waals surface area contributed by atoms with Crippen LogP contribution < -0.4 is 15.8 Å². The van der Waals surface area contributed by atoms with Crippen molar-refractivity contribution in [3.05, 3.63) is 59.9 Å². The Morgan fingerprint density at radius 1 is 1.17 bits per heavy atom. The summed E-state index contributed by atoms with van der Waals surface area (Å²) in [6.45, 7) is 0.539. The van der Waals surface area contributed by atoms with Gasteiger partial charge in [-0.3, -0.25) is 4.79 Å². The third kappa shape index (κ3) is 2.91. The fourth-order valence-electron chi connectivity index (χ4n) is 2.46. The number of anilines is 1. The van der Waals surface area contributed by atoms with Crippen LogP contribution in [0.3, 0.4) is 0 Å². The molecule has 0 aliphatic rings. The van der Waals surface area contributed by atoms with Crippen LogP contribution in [0.15, 0.2) is 48.8 Å². The van der Waals surface area contributed by atoms with Gasteiger partial charge in [-0.05, 0) is 18.2 Å². The number of methoxy groups -OCH3 is 1. The van der Waals surface area contributed by atoms with Crippen molar-refractivity contribution in [1.82, 2.24) is 9.97 Å². The minimum atomic E-state index is -0.509. The Bertz CT molecular complexity index is 864. The number of carbonyl (C=O) groups excluding carboxylic acids is 1. The fraction of sp³-hybridized carbons (Fsp3) is 0.118. The van der Waals surface area contributed by atoms with Crippen molar-refractivity contribution < 1.29 is 9.53 Å². The number of amides is 1. The number of rotatable bonds is 5. The molecule has 6 nitrogen and oxygen atoms in total. The van der Waals surface area contributed by atoms with Crippen LogP contribution in [0.1, 0.15) is 15.9 Å². The van der Waals surface area contributed by atoms with Crippen LogP contribution in [-0.4, -0.2) is 23.0 Å². The van der Waals surface area contributed by atoms with E-state index in [1.165, 1.54) is 6.33 Å². The molecular formula is C17H16N4O2. The maximum Gasteiger partial charge on any atom is 0.250 e. The Morgan fingerprint density at radius 2 is 2.00 bits per heavy atom. The lowest BCUT2D eigenvalue weighted by molar-refractivity contribution is 0.100. The number of fused-ring (bicyclic) bond motifs is 1. The van der Waals surface area contributed by atoms with Gasteiger partial charge < -0.3 is 15.8 Å². The first-order valence-corrected chi connectivity index (χ1v) is 7.10. The normalized spacial score (nSPS) is 10.5. The third-order valence-corrected chi connectivity index (χ3v) is 3.57. The van der Waals surface area contributed by atoms with Gasteiger partial charge in [-0.2, -0.15) is 0 Å². The predicted molar refractivity (Wildman–Crippen MR) is 88.4 cm³/mol. The summed E-state index contributed by atoms with van der Waals surface area (Å²) in [5.41, 5.74) is 7.32. The number of nitrogens with zero attached hydrogens (tertiary/aromatic N) is 2. The van der Waals surface area contributed by atoms with Gasteiger partial charge in [0.25, 0.3) is 5.91 Å². The maximum absolute atomic E-state index is 11.5. The van der Waals surface area contributed by atoms with Crippen molar-refractivity contribution in [2.45, 2.75) is 6.54 Å². The van der Waals surface area contributed by atoms with Crippen LogP contribution >= 0.6 is 0 Å². The first kappa shape index (κ1) is 14.8. The van der Waals surface area contributed by atoms with Gasteiger partial charge in [0.15, 0.2) is 0 Å². The van der Waals surface area contributed by atoms with Crippen molar-refractivity contribution in [3.63, 3.8) is 0 Å². The maximum atomic E-state index is 11.5. The van der Waals surface area contributed by atoms with Gasteiger partial charge in [-0.15, -0.1) is 0 Å². The Labute approximate surface area is 133 Å². The Morgan fingerprint density at radius 3 is 2.78 bits per heavy atom. The molecule has 0 unspecified atom stereocenters. The zero-order valence-electron chi connectivity index (χ0n) is 12.6. The number of benzene rings is 2. The van der Waals surface area contributed by atoms with E-state index < -0.39 is 5.91 Å². The van der Waals surface area contributed by atoms with Crippen molar-refractivity contribution in [2.75, 3.05) is 12.4 Å². The zero-order chi connectivity index (χ0) is 16.2. The second-order valence-corrected chi connectivity index (χ2v) is 4.95. The summed E-state index contributed by atoms with van der Waals surface area (Å²) < 4.78 is 5.34. The van der Waals surface area contributed by atoms with Crippen molar-refractivity contribution in [3.8, 4) is 5.75 Å². The number of hydrogen-bond donors (Lipinski definition) is 2. The van der Waals surface area contributed by atoms with Gasteiger partial charge in [0, 0.05) is 17.5 Å². The van der Waals surface area contributed by atoms with E-state index in [4.69, 9.17) is 10.5 Å². The van der Waals surface area contributed by atoms with Crippen LogP contribution in [0.4, 0.5) is 5.82 Å². The number of nitrogens with two attached hydrogens (primary N) is 1. The molecule has 0 atom stereocenters. The van der Waals surface area contributed by atoms with Gasteiger partial charge in [-0.25, -0.2) is 9.97 Å². The van der Waals surface area contributed by atoms with E-state index in [0.29, 0.717) is 23.4 Å². The molecule has 0 aliphatic heterocycles. The lowest BCUT2D eigenvalue weighted by atomic mass is 10.1. The summed E-state index contributed by atoms with van der Waals surface area (Å²) >= 11 is 0. The fourth-order valence-corrected chi connectivity index (χ4v) is 2.46. The number of aromatic nitrogens is 2. The lowest BCUT2D eigenvalue weighted by Crippen LogP contribution is -2.12. The molecule has 3 N–H and O–H groups in total. The number of hydrogen-bond acceptors (Lipinski definition) is 5. The van der Waals surface area contributed by atoms with Crippen LogP contribution in [0.25, 0.3) is 10.9 Å². The number of primary amides is 1. The molecule has 3 aromatic rings. The highest BCUT2D eigenvalue weighted by atomic mass is 16.5. The minimum absolute atomic E-state index is 0.380. The summed E-state index contributed by atoms with van der Waals surface area (Å²) in [6.07, 6.45) is 1.42. The van der Waals surface area contributed by atoms with Crippen LogP contribution in [0.5, 0.6) is 5.75 Å². The van der Waals surface area contributed by atoms with Crippen molar-refractivity contribution >= 4 is 22.6 Å². The van der Waals surface area contributed by atoms with Gasteiger partial charge >= 0.3 is 0 Å². The van der Waals surface area contributed by atoms with Crippen molar-refractivity contribution in [2.24, 2.45) is 5.73 Å². The average Bonchev–Trinajstić information content (AvgIpc) is 2.59. The zero-order valence-corrected chi connectivity index (χ0v) is 12.6. The number of nitrogens with one attached hydrogen (secondary N) is 1. The number of para-hydroxylation sites is 2. The molecule has 3 rings (SSSR count). The molecule has 2 aromatic carbocycles. The summed E-state index contributed by atoms with van der Waals surface area (Å²) in [7, 11) is 1.64. The van der Waals surface area contributed by atoms with E-state index >= 15 is 0 Å². The molecule has 1 amide bonds. The highest BCUT2D eigenvalue weighted by Gasteiger charge is 2.11. The summed E-state index contributed by atoms with van der Waals surface area (Å²) in [4.78, 5) is 20.0. The summed E-state index contributed by atoms with van der Waals surface area (Å²) in [5, 5.41) is 4.01.